The first kappa shape index (κ1) is 17.7. The first-order valence-electron chi connectivity index (χ1n) is 7.76. The van der Waals surface area contributed by atoms with Gasteiger partial charge in [0, 0.05) is 5.56 Å². The summed E-state index contributed by atoms with van der Waals surface area (Å²) in [7, 11) is 0. The SMILES string of the molecule is O=C(NCC#Cc1cccc(C(F)(F)F)c1)C1COc2ccccc2O1. The standard InChI is InChI=1S/C19H14F3NO3/c20-19(21,22)14-7-3-5-13(11-14)6-4-10-23-18(24)17-12-25-15-8-1-2-9-16(15)26-17/h1-3,5,7-9,11,17H,10,12H2,(H,23,24). The van der Waals surface area contributed by atoms with Crippen LogP contribution in [-0.4, -0.2) is 25.2 Å². The van der Waals surface area contributed by atoms with Gasteiger partial charge >= 0.3 is 6.18 Å². The maximum absolute atomic E-state index is 12.6. The van der Waals surface area contributed by atoms with E-state index in [2.05, 4.69) is 17.2 Å². The van der Waals surface area contributed by atoms with Gasteiger partial charge in [0.25, 0.3) is 5.91 Å². The topological polar surface area (TPSA) is 47.6 Å². The highest BCUT2D eigenvalue weighted by molar-refractivity contribution is 5.82. The third kappa shape index (κ3) is 4.28. The maximum Gasteiger partial charge on any atom is 0.416 e. The van der Waals surface area contributed by atoms with Gasteiger partial charge in [0.1, 0.15) is 6.61 Å². The Balaban J connectivity index is 1.55. The summed E-state index contributed by atoms with van der Waals surface area (Å²) < 4.78 is 48.9. The monoisotopic (exact) mass is 361 g/mol. The number of nitrogens with one attached hydrogen (secondary N) is 1. The van der Waals surface area contributed by atoms with Gasteiger partial charge in [-0.2, -0.15) is 13.2 Å². The number of carbonyl (C=O) groups excluding carboxylic acids is 1. The number of carbonyl (C=O) groups is 1. The molecule has 1 atom stereocenters. The molecule has 3 rings (SSSR count). The van der Waals surface area contributed by atoms with Crippen molar-refractivity contribution in [3.8, 4) is 23.3 Å². The first-order chi connectivity index (χ1) is 12.4. The number of fused-ring (bicyclic) bond motifs is 1. The van der Waals surface area contributed by atoms with Crippen LogP contribution >= 0.6 is 0 Å². The number of para-hydroxylation sites is 2. The highest BCUT2D eigenvalue weighted by Crippen LogP contribution is 2.31. The van der Waals surface area contributed by atoms with Gasteiger partial charge in [-0.05, 0) is 30.3 Å². The molecule has 0 bridgehead atoms. The number of halogens is 3. The maximum atomic E-state index is 12.6. The largest absolute Gasteiger partial charge is 0.485 e. The van der Waals surface area contributed by atoms with Crippen LogP contribution in [0.15, 0.2) is 48.5 Å². The fraction of sp³-hybridized carbons (Fsp3) is 0.211. The lowest BCUT2D eigenvalue weighted by Gasteiger charge is -2.25. The van der Waals surface area contributed by atoms with Gasteiger partial charge < -0.3 is 14.8 Å². The predicted molar refractivity (Wildman–Crippen MR) is 87.7 cm³/mol. The van der Waals surface area contributed by atoms with Crippen molar-refractivity contribution in [2.24, 2.45) is 0 Å². The van der Waals surface area contributed by atoms with Crippen LogP contribution in [0.3, 0.4) is 0 Å². The van der Waals surface area contributed by atoms with Crippen molar-refractivity contribution in [2.75, 3.05) is 13.2 Å². The van der Waals surface area contributed by atoms with Crippen LogP contribution in [0.1, 0.15) is 11.1 Å². The summed E-state index contributed by atoms with van der Waals surface area (Å²) in [5.74, 6) is 5.86. The van der Waals surface area contributed by atoms with Crippen LogP contribution in [0.2, 0.25) is 0 Å². The molecule has 0 radical (unpaired) electrons. The molecule has 0 spiro atoms. The average Bonchev–Trinajstić information content (AvgIpc) is 2.64. The minimum Gasteiger partial charge on any atom is -0.485 e. The first-order valence-corrected chi connectivity index (χ1v) is 7.76. The molecule has 0 aromatic heterocycles. The molecule has 7 heteroatoms. The van der Waals surface area contributed by atoms with E-state index >= 15 is 0 Å². The second-order valence-corrected chi connectivity index (χ2v) is 5.46. The normalized spacial score (nSPS) is 15.6. The van der Waals surface area contributed by atoms with Crippen molar-refractivity contribution >= 4 is 5.91 Å². The molecule has 1 aliphatic rings. The molecule has 0 aliphatic carbocycles. The third-order valence-electron chi connectivity index (χ3n) is 3.57. The van der Waals surface area contributed by atoms with Crippen LogP contribution in [0.25, 0.3) is 0 Å². The zero-order valence-corrected chi connectivity index (χ0v) is 13.5. The van der Waals surface area contributed by atoms with Gasteiger partial charge in [0.05, 0.1) is 12.1 Å². The molecule has 0 saturated carbocycles. The minimum atomic E-state index is -4.42. The lowest BCUT2D eigenvalue weighted by atomic mass is 10.1. The fourth-order valence-electron chi connectivity index (χ4n) is 2.31. The van der Waals surface area contributed by atoms with Crippen LogP contribution in [0.4, 0.5) is 13.2 Å². The molecule has 0 fully saturated rings. The van der Waals surface area contributed by atoms with Crippen molar-refractivity contribution in [3.63, 3.8) is 0 Å². The van der Waals surface area contributed by atoms with Crippen LogP contribution in [0.5, 0.6) is 11.5 Å². The third-order valence-corrected chi connectivity index (χ3v) is 3.57. The molecule has 2 aromatic carbocycles. The zero-order chi connectivity index (χ0) is 18.6. The van der Waals surface area contributed by atoms with Crippen molar-refractivity contribution in [1.82, 2.24) is 5.32 Å². The van der Waals surface area contributed by atoms with E-state index in [0.717, 1.165) is 12.1 Å². The summed E-state index contributed by atoms with van der Waals surface area (Å²) in [6.07, 6.45) is -5.22. The highest BCUT2D eigenvalue weighted by atomic mass is 19.4. The Morgan fingerprint density at radius 1 is 1.15 bits per heavy atom. The van der Waals surface area contributed by atoms with E-state index in [1.165, 1.54) is 12.1 Å². The number of benzene rings is 2. The molecule has 1 N–H and O–H groups in total. The van der Waals surface area contributed by atoms with E-state index in [-0.39, 0.29) is 18.7 Å². The second-order valence-electron chi connectivity index (χ2n) is 5.46. The Kier molecular flexibility index (Phi) is 5.03. The van der Waals surface area contributed by atoms with Gasteiger partial charge in [-0.15, -0.1) is 0 Å². The summed E-state index contributed by atoms with van der Waals surface area (Å²) in [6.45, 7) is 0.0560. The molecule has 0 saturated heterocycles. The number of hydrogen-bond acceptors (Lipinski definition) is 3. The number of rotatable bonds is 2. The van der Waals surface area contributed by atoms with E-state index in [9.17, 15) is 18.0 Å². The molecule has 2 aromatic rings. The highest BCUT2D eigenvalue weighted by Gasteiger charge is 2.30. The van der Waals surface area contributed by atoms with Gasteiger partial charge in [-0.3, -0.25) is 4.79 Å². The molecule has 134 valence electrons. The fourth-order valence-corrected chi connectivity index (χ4v) is 2.31. The molecule has 1 aliphatic heterocycles. The molecular weight excluding hydrogens is 347 g/mol. The van der Waals surface area contributed by atoms with Crippen LogP contribution in [-0.2, 0) is 11.0 Å². The predicted octanol–water partition coefficient (Wildman–Crippen LogP) is 3.01. The molecule has 26 heavy (non-hydrogen) atoms. The van der Waals surface area contributed by atoms with E-state index in [4.69, 9.17) is 9.47 Å². The molecule has 4 nitrogen and oxygen atoms in total. The lowest BCUT2D eigenvalue weighted by molar-refractivity contribution is -0.137. The lowest BCUT2D eigenvalue weighted by Crippen LogP contribution is -2.44. The van der Waals surface area contributed by atoms with E-state index in [1.54, 1.807) is 24.3 Å². The van der Waals surface area contributed by atoms with Gasteiger partial charge in [-0.25, -0.2) is 0 Å². The van der Waals surface area contributed by atoms with Crippen molar-refractivity contribution in [3.05, 3.63) is 59.7 Å². The summed E-state index contributed by atoms with van der Waals surface area (Å²) in [5, 5.41) is 2.56. The van der Waals surface area contributed by atoms with Crippen molar-refractivity contribution in [2.45, 2.75) is 12.3 Å². The van der Waals surface area contributed by atoms with Crippen molar-refractivity contribution < 1.29 is 27.4 Å². The Morgan fingerprint density at radius 3 is 2.69 bits per heavy atom. The Hall–Kier alpha value is -3.14. The Labute approximate surface area is 147 Å². The van der Waals surface area contributed by atoms with Crippen LogP contribution in [0, 0.1) is 11.8 Å². The van der Waals surface area contributed by atoms with Crippen LogP contribution < -0.4 is 14.8 Å². The number of amides is 1. The number of ether oxygens (including phenoxy) is 2. The second kappa shape index (κ2) is 7.40. The quantitative estimate of drug-likeness (QED) is 0.837. The van der Waals surface area contributed by atoms with E-state index in [0.29, 0.717) is 11.5 Å². The average molecular weight is 361 g/mol. The molecular formula is C19H14F3NO3. The Morgan fingerprint density at radius 2 is 1.92 bits per heavy atom. The summed E-state index contributed by atoms with van der Waals surface area (Å²) in [6, 6.07) is 11.7. The molecule has 1 unspecified atom stereocenters. The van der Waals surface area contributed by atoms with Gasteiger partial charge in [0.2, 0.25) is 6.10 Å². The molecule has 1 amide bonds. The minimum absolute atomic E-state index is 0.0173. The summed E-state index contributed by atoms with van der Waals surface area (Å²) in [5.41, 5.74) is -0.542. The van der Waals surface area contributed by atoms with E-state index < -0.39 is 23.8 Å². The Bertz CT molecular complexity index is 868. The molecule has 1 heterocycles. The summed E-state index contributed by atoms with van der Waals surface area (Å²) >= 11 is 0. The van der Waals surface area contributed by atoms with E-state index in [1.807, 2.05) is 0 Å². The summed E-state index contributed by atoms with van der Waals surface area (Å²) in [4.78, 5) is 12.1. The zero-order valence-electron chi connectivity index (χ0n) is 13.5. The number of alkyl halides is 3. The number of hydrogen-bond donors (Lipinski definition) is 1. The van der Waals surface area contributed by atoms with Gasteiger partial charge in [-0.1, -0.05) is 30.0 Å². The van der Waals surface area contributed by atoms with Crippen molar-refractivity contribution in [1.29, 1.82) is 0 Å². The smallest absolute Gasteiger partial charge is 0.416 e. The van der Waals surface area contributed by atoms with Gasteiger partial charge in [0.15, 0.2) is 11.5 Å².